The van der Waals surface area contributed by atoms with E-state index in [1.807, 2.05) is 44.2 Å². The number of hydrogen-bond donors (Lipinski definition) is 0. The number of aliphatic carboxylic acids is 1. The number of nitrogens with zero attached hydrogens (tertiary/aromatic N) is 1. The maximum absolute atomic E-state index is 11.7. The van der Waals surface area contributed by atoms with Gasteiger partial charge in [-0.3, -0.25) is 4.99 Å². The Hall–Kier alpha value is -3.28. The fourth-order valence-corrected chi connectivity index (χ4v) is 3.49. The zero-order valence-corrected chi connectivity index (χ0v) is 18.6. The van der Waals surface area contributed by atoms with Gasteiger partial charge in [0.1, 0.15) is 11.3 Å². The third-order valence-corrected chi connectivity index (χ3v) is 5.15. The van der Waals surface area contributed by atoms with Crippen molar-refractivity contribution in [1.82, 2.24) is 0 Å². The van der Waals surface area contributed by atoms with Gasteiger partial charge in [-0.2, -0.15) is 0 Å². The van der Waals surface area contributed by atoms with E-state index in [-0.39, 0.29) is 5.92 Å². The summed E-state index contributed by atoms with van der Waals surface area (Å²) in [4.78, 5) is 16.3. The third-order valence-electron chi connectivity index (χ3n) is 5.15. The summed E-state index contributed by atoms with van der Waals surface area (Å²) in [6, 6.07) is 12.2. The van der Waals surface area contributed by atoms with Gasteiger partial charge in [-0.1, -0.05) is 26.8 Å². The molecular weight excluding hydrogens is 394 g/mol. The van der Waals surface area contributed by atoms with E-state index in [0.29, 0.717) is 34.6 Å². The molecule has 3 aromatic rings. The molecule has 0 aliphatic carbocycles. The zero-order chi connectivity index (χ0) is 22.5. The van der Waals surface area contributed by atoms with Crippen LogP contribution >= 0.6 is 0 Å². The van der Waals surface area contributed by atoms with Crippen LogP contribution in [0.3, 0.4) is 0 Å². The number of carbonyl (C=O) groups excluding carboxylic acids is 1. The van der Waals surface area contributed by atoms with Gasteiger partial charge in [-0.05, 0) is 54.7 Å². The number of carboxylic acids is 1. The lowest BCUT2D eigenvalue weighted by Crippen LogP contribution is -2.36. The number of carbonyl (C=O) groups is 1. The van der Waals surface area contributed by atoms with Crippen molar-refractivity contribution in [3.05, 3.63) is 53.4 Å². The number of methoxy groups -OCH3 is 2. The van der Waals surface area contributed by atoms with E-state index in [1.165, 1.54) is 0 Å². The Kier molecular flexibility index (Phi) is 7.00. The molecule has 0 spiro atoms. The molecule has 0 N–H and O–H groups in total. The maximum Gasteiger partial charge on any atom is 0.161 e. The zero-order valence-electron chi connectivity index (χ0n) is 18.6. The van der Waals surface area contributed by atoms with Gasteiger partial charge >= 0.3 is 0 Å². The second-order valence-corrected chi connectivity index (χ2v) is 7.84. The Morgan fingerprint density at radius 2 is 1.81 bits per heavy atom. The molecule has 0 bridgehead atoms. The van der Waals surface area contributed by atoms with Crippen molar-refractivity contribution in [2.75, 3.05) is 14.2 Å². The molecule has 1 aromatic heterocycles. The summed E-state index contributed by atoms with van der Waals surface area (Å²) in [6.45, 7) is 6.00. The quantitative estimate of drug-likeness (QED) is 0.552. The fraction of sp³-hybridized carbons (Fsp3) is 0.360. The molecule has 2 aromatic carbocycles. The van der Waals surface area contributed by atoms with Crippen molar-refractivity contribution < 1.29 is 23.8 Å². The summed E-state index contributed by atoms with van der Waals surface area (Å²) >= 11 is 0. The minimum Gasteiger partial charge on any atom is -0.548 e. The van der Waals surface area contributed by atoms with Crippen molar-refractivity contribution in [3.63, 3.8) is 0 Å². The van der Waals surface area contributed by atoms with Crippen LogP contribution in [-0.4, -0.2) is 26.2 Å². The molecule has 0 fully saturated rings. The average Bonchev–Trinajstić information content (AvgIpc) is 2.77. The van der Waals surface area contributed by atoms with Gasteiger partial charge in [0.2, 0.25) is 0 Å². The SMILES string of the molecule is CCc1ccc2oc(-c3ccc(OC)c(OC)c3)cc(=N[C@H](CC(C)C)C(=O)[O-])c2c1. The normalized spacial score (nSPS) is 12.9. The predicted molar refractivity (Wildman–Crippen MR) is 118 cm³/mol. The smallest absolute Gasteiger partial charge is 0.161 e. The topological polar surface area (TPSA) is 84.1 Å². The number of carboxylic acid groups (broad SMARTS) is 1. The predicted octanol–water partition coefficient (Wildman–Crippen LogP) is 3.74. The molecule has 0 amide bonds. The molecule has 0 saturated carbocycles. The Morgan fingerprint density at radius 1 is 1.06 bits per heavy atom. The molecule has 3 rings (SSSR count). The van der Waals surface area contributed by atoms with E-state index in [4.69, 9.17) is 13.9 Å². The molecular formula is C25H28NO5-. The molecule has 0 saturated heterocycles. The average molecular weight is 423 g/mol. The van der Waals surface area contributed by atoms with Crippen LogP contribution < -0.4 is 19.9 Å². The van der Waals surface area contributed by atoms with Gasteiger partial charge in [0.15, 0.2) is 11.5 Å². The summed E-state index contributed by atoms with van der Waals surface area (Å²) in [6.07, 6.45) is 1.25. The van der Waals surface area contributed by atoms with Crippen LogP contribution in [0.1, 0.15) is 32.8 Å². The minimum atomic E-state index is -1.18. The van der Waals surface area contributed by atoms with Crippen LogP contribution in [0.4, 0.5) is 0 Å². The lowest BCUT2D eigenvalue weighted by molar-refractivity contribution is -0.307. The van der Waals surface area contributed by atoms with E-state index in [0.717, 1.165) is 22.9 Å². The molecule has 1 heterocycles. The van der Waals surface area contributed by atoms with E-state index < -0.39 is 12.0 Å². The van der Waals surface area contributed by atoms with Crippen molar-refractivity contribution >= 4 is 16.9 Å². The van der Waals surface area contributed by atoms with E-state index >= 15 is 0 Å². The first-order valence-electron chi connectivity index (χ1n) is 10.4. The number of hydrogen-bond acceptors (Lipinski definition) is 6. The van der Waals surface area contributed by atoms with E-state index in [2.05, 4.69) is 11.9 Å². The summed E-state index contributed by atoms with van der Waals surface area (Å²) in [5.41, 5.74) is 2.51. The number of ether oxygens (including phenoxy) is 2. The molecule has 1 atom stereocenters. The van der Waals surface area contributed by atoms with Gasteiger partial charge in [0.05, 0.1) is 31.6 Å². The molecule has 0 unspecified atom stereocenters. The van der Waals surface area contributed by atoms with Crippen LogP contribution in [-0.2, 0) is 11.2 Å². The van der Waals surface area contributed by atoms with Crippen molar-refractivity contribution in [3.8, 4) is 22.8 Å². The van der Waals surface area contributed by atoms with Crippen LogP contribution in [0.2, 0.25) is 0 Å². The second-order valence-electron chi connectivity index (χ2n) is 7.84. The molecule has 164 valence electrons. The maximum atomic E-state index is 11.7. The Balaban J connectivity index is 2.26. The Morgan fingerprint density at radius 3 is 2.42 bits per heavy atom. The second kappa shape index (κ2) is 9.69. The number of benzene rings is 2. The fourth-order valence-electron chi connectivity index (χ4n) is 3.49. The minimum absolute atomic E-state index is 0.169. The summed E-state index contributed by atoms with van der Waals surface area (Å²) in [7, 11) is 3.15. The van der Waals surface area contributed by atoms with Crippen LogP contribution in [0.15, 0.2) is 51.9 Å². The summed E-state index contributed by atoms with van der Waals surface area (Å²) < 4.78 is 16.9. The molecule has 0 aliphatic rings. The number of aryl methyl sites for hydroxylation is 1. The highest BCUT2D eigenvalue weighted by Gasteiger charge is 2.14. The van der Waals surface area contributed by atoms with Crippen molar-refractivity contribution in [2.24, 2.45) is 10.9 Å². The summed E-state index contributed by atoms with van der Waals surface area (Å²) in [5, 5.41) is 13.1. The lowest BCUT2D eigenvalue weighted by atomic mass is 10.0. The lowest BCUT2D eigenvalue weighted by Gasteiger charge is -2.16. The molecule has 31 heavy (non-hydrogen) atoms. The highest BCUT2D eigenvalue weighted by atomic mass is 16.5. The van der Waals surface area contributed by atoms with Gasteiger partial charge in [-0.25, -0.2) is 0 Å². The van der Waals surface area contributed by atoms with Crippen LogP contribution in [0.5, 0.6) is 11.5 Å². The molecule has 6 nitrogen and oxygen atoms in total. The van der Waals surface area contributed by atoms with Crippen LogP contribution in [0.25, 0.3) is 22.3 Å². The van der Waals surface area contributed by atoms with Crippen molar-refractivity contribution in [2.45, 2.75) is 39.7 Å². The number of fused-ring (bicyclic) bond motifs is 1. The molecule has 6 heteroatoms. The Bertz CT molecular complexity index is 1150. The standard InChI is InChI=1S/C25H29NO5/c1-6-16-7-9-21-18(12-16)19(26-20(25(27)28)11-15(2)3)14-23(31-21)17-8-10-22(29-4)24(13-17)30-5/h7-10,12-15,20H,6,11H2,1-5H3,(H,27,28)/p-1/t20-/m1/s1. The van der Waals surface area contributed by atoms with E-state index in [9.17, 15) is 9.90 Å². The van der Waals surface area contributed by atoms with Gasteiger partial charge < -0.3 is 23.8 Å². The highest BCUT2D eigenvalue weighted by molar-refractivity contribution is 5.80. The first-order chi connectivity index (χ1) is 14.9. The largest absolute Gasteiger partial charge is 0.548 e. The summed E-state index contributed by atoms with van der Waals surface area (Å²) in [5.74, 6) is 0.726. The Labute approximate surface area is 182 Å². The van der Waals surface area contributed by atoms with Gasteiger partial charge in [-0.15, -0.1) is 0 Å². The van der Waals surface area contributed by atoms with Crippen molar-refractivity contribution in [1.29, 1.82) is 0 Å². The monoisotopic (exact) mass is 422 g/mol. The van der Waals surface area contributed by atoms with Gasteiger partial charge in [0.25, 0.3) is 0 Å². The number of rotatable bonds is 8. The third kappa shape index (κ3) is 5.08. The first kappa shape index (κ1) is 22.4. The molecule has 0 radical (unpaired) electrons. The first-order valence-corrected chi connectivity index (χ1v) is 10.4. The highest BCUT2D eigenvalue weighted by Crippen LogP contribution is 2.33. The van der Waals surface area contributed by atoms with E-state index in [1.54, 1.807) is 26.4 Å². The van der Waals surface area contributed by atoms with Gasteiger partial charge in [0, 0.05) is 17.0 Å². The molecule has 0 aliphatic heterocycles. The van der Waals surface area contributed by atoms with Crippen LogP contribution in [0, 0.1) is 5.92 Å².